The number of benzene rings is 2. The average molecular weight is 655 g/mol. The first-order valence-electron chi connectivity index (χ1n) is 16.0. The summed E-state index contributed by atoms with van der Waals surface area (Å²) in [7, 11) is 4.64. The molecule has 1 aliphatic carbocycles. The van der Waals surface area contributed by atoms with Gasteiger partial charge < -0.3 is 35.1 Å². The fourth-order valence-electron chi connectivity index (χ4n) is 6.43. The zero-order valence-electron chi connectivity index (χ0n) is 28.3. The fraction of sp³-hybridized carbons (Fsp3) is 0.351. The van der Waals surface area contributed by atoms with E-state index >= 15 is 0 Å². The van der Waals surface area contributed by atoms with Gasteiger partial charge in [-0.15, -0.1) is 0 Å². The second-order valence-corrected chi connectivity index (χ2v) is 12.2. The number of amides is 2. The number of aryl methyl sites for hydroxylation is 2. The number of carbonyl (C=O) groups is 2. The largest absolute Gasteiger partial charge is 0.493 e. The molecule has 0 aliphatic heterocycles. The Hall–Kier alpha value is -5.32. The summed E-state index contributed by atoms with van der Waals surface area (Å²) >= 11 is 0. The van der Waals surface area contributed by atoms with Crippen molar-refractivity contribution >= 4 is 34.1 Å². The number of fused-ring (bicyclic) bond motifs is 4. The van der Waals surface area contributed by atoms with Gasteiger partial charge in [0.25, 0.3) is 0 Å². The molecule has 1 heterocycles. The third-order valence-corrected chi connectivity index (χ3v) is 9.04. The van der Waals surface area contributed by atoms with Crippen molar-refractivity contribution < 1.29 is 23.8 Å². The van der Waals surface area contributed by atoms with Gasteiger partial charge in [0.2, 0.25) is 28.6 Å². The molecule has 48 heavy (non-hydrogen) atoms. The van der Waals surface area contributed by atoms with Crippen molar-refractivity contribution in [3.63, 3.8) is 0 Å². The molecule has 5 rings (SSSR count). The standard InChI is InChI=1S/C37H42N4O7/c1-8-19(2)34(37(45)39-23-10-11-24-20(3)15-32(44)40-29(24)17-23)41-28-14-12-25-26(18-30(28)43)27(38-21(4)42)13-9-22-16-31(46-5)35(47-6)36(48-7)33(22)25/h10-12,14-19,27,34H,8-9,13H2,1-7H3,(H,38,42)(H,39,45)(H,40,44)(H,41,43)/t19-,27+,34+/m1/s1. The number of rotatable bonds is 10. The number of anilines is 2. The van der Waals surface area contributed by atoms with E-state index in [9.17, 15) is 19.2 Å². The Labute approximate surface area is 279 Å². The highest BCUT2D eigenvalue weighted by molar-refractivity contribution is 5.98. The molecular formula is C37H42N4O7. The fourth-order valence-corrected chi connectivity index (χ4v) is 6.43. The van der Waals surface area contributed by atoms with E-state index < -0.39 is 12.1 Å². The van der Waals surface area contributed by atoms with Crippen molar-refractivity contribution in [3.05, 3.63) is 85.8 Å². The molecule has 252 valence electrons. The lowest BCUT2D eigenvalue weighted by atomic mass is 9.95. The molecule has 0 radical (unpaired) electrons. The SMILES string of the molecule is CC[C@@H](C)[C@H](Nc1ccc2c(cc1=O)[C@@H](NC(C)=O)CCc1cc(OC)c(OC)c(OC)c1-2)C(=O)Nc1ccc2c(C)cc(=O)[nH]c2c1. The maximum atomic E-state index is 13.9. The summed E-state index contributed by atoms with van der Waals surface area (Å²) in [4.78, 5) is 54.9. The smallest absolute Gasteiger partial charge is 0.248 e. The van der Waals surface area contributed by atoms with E-state index in [1.807, 2.05) is 39.0 Å². The van der Waals surface area contributed by atoms with Crippen LogP contribution in [0, 0.1) is 12.8 Å². The van der Waals surface area contributed by atoms with Gasteiger partial charge in [-0.3, -0.25) is 19.2 Å². The summed E-state index contributed by atoms with van der Waals surface area (Å²) in [5.74, 6) is 0.670. The lowest BCUT2D eigenvalue weighted by Gasteiger charge is -2.24. The zero-order valence-corrected chi connectivity index (χ0v) is 28.3. The molecule has 4 aromatic rings. The zero-order chi connectivity index (χ0) is 34.7. The number of carbonyl (C=O) groups excluding carboxylic acids is 2. The molecule has 0 unspecified atom stereocenters. The molecular weight excluding hydrogens is 612 g/mol. The molecule has 1 aliphatic rings. The average Bonchev–Trinajstić information content (AvgIpc) is 3.29. The number of ether oxygens (including phenoxy) is 3. The maximum absolute atomic E-state index is 13.9. The number of hydrogen-bond acceptors (Lipinski definition) is 8. The highest BCUT2D eigenvalue weighted by Gasteiger charge is 2.30. The molecule has 4 N–H and O–H groups in total. The van der Waals surface area contributed by atoms with Crippen LogP contribution >= 0.6 is 0 Å². The third kappa shape index (κ3) is 6.71. The van der Waals surface area contributed by atoms with Crippen LogP contribution in [0.1, 0.15) is 56.3 Å². The molecule has 0 saturated carbocycles. The van der Waals surface area contributed by atoms with Crippen LogP contribution in [-0.2, 0) is 16.0 Å². The second-order valence-electron chi connectivity index (χ2n) is 12.2. The Bertz CT molecular complexity index is 2010. The first-order valence-corrected chi connectivity index (χ1v) is 16.0. The van der Waals surface area contributed by atoms with Crippen LogP contribution in [0.2, 0.25) is 0 Å². The van der Waals surface area contributed by atoms with E-state index in [0.717, 1.165) is 22.1 Å². The summed E-state index contributed by atoms with van der Waals surface area (Å²) in [6, 6.07) is 12.6. The van der Waals surface area contributed by atoms with Crippen LogP contribution in [0.3, 0.4) is 0 Å². The topological polar surface area (TPSA) is 148 Å². The van der Waals surface area contributed by atoms with Crippen molar-refractivity contribution in [2.24, 2.45) is 5.92 Å². The van der Waals surface area contributed by atoms with Gasteiger partial charge >= 0.3 is 0 Å². The summed E-state index contributed by atoms with van der Waals surface area (Å²) < 4.78 is 17.2. The summed E-state index contributed by atoms with van der Waals surface area (Å²) in [6.45, 7) is 7.22. The Balaban J connectivity index is 1.59. The normalized spacial score (nSPS) is 14.9. The van der Waals surface area contributed by atoms with Gasteiger partial charge in [-0.25, -0.2) is 0 Å². The monoisotopic (exact) mass is 654 g/mol. The van der Waals surface area contributed by atoms with E-state index in [1.54, 1.807) is 32.4 Å². The van der Waals surface area contributed by atoms with Gasteiger partial charge in [0, 0.05) is 29.6 Å². The minimum atomic E-state index is -0.769. The van der Waals surface area contributed by atoms with Crippen LogP contribution in [0.25, 0.3) is 22.0 Å². The maximum Gasteiger partial charge on any atom is 0.248 e. The molecule has 0 saturated heterocycles. The quantitative estimate of drug-likeness (QED) is 0.176. The number of nitrogens with one attached hydrogen (secondary N) is 4. The Morgan fingerprint density at radius 3 is 2.40 bits per heavy atom. The number of H-pyrrole nitrogens is 1. The second kappa shape index (κ2) is 14.2. The van der Waals surface area contributed by atoms with Crippen molar-refractivity contribution in [1.82, 2.24) is 10.3 Å². The lowest BCUT2D eigenvalue weighted by molar-refractivity contribution is -0.120. The Kier molecular flexibility index (Phi) is 10.1. The number of aromatic amines is 1. The van der Waals surface area contributed by atoms with E-state index in [0.29, 0.717) is 58.8 Å². The van der Waals surface area contributed by atoms with Gasteiger partial charge in [0.05, 0.1) is 38.6 Å². The van der Waals surface area contributed by atoms with Crippen molar-refractivity contribution in [2.75, 3.05) is 32.0 Å². The van der Waals surface area contributed by atoms with Crippen molar-refractivity contribution in [2.45, 2.75) is 59.0 Å². The number of pyridine rings is 1. The van der Waals surface area contributed by atoms with Crippen molar-refractivity contribution in [1.29, 1.82) is 0 Å². The van der Waals surface area contributed by atoms with Crippen LogP contribution in [-0.4, -0.2) is 44.2 Å². The van der Waals surface area contributed by atoms with Gasteiger partial charge in [0.1, 0.15) is 6.04 Å². The van der Waals surface area contributed by atoms with Gasteiger partial charge in [0.15, 0.2) is 11.5 Å². The summed E-state index contributed by atoms with van der Waals surface area (Å²) in [5.41, 5.74) is 4.59. The van der Waals surface area contributed by atoms with Crippen LogP contribution in [0.15, 0.2) is 58.1 Å². The van der Waals surface area contributed by atoms with Crippen LogP contribution in [0.5, 0.6) is 17.2 Å². The lowest BCUT2D eigenvalue weighted by Crippen LogP contribution is -2.40. The van der Waals surface area contributed by atoms with Gasteiger partial charge in [-0.2, -0.15) is 0 Å². The molecule has 0 spiro atoms. The number of aromatic nitrogens is 1. The highest BCUT2D eigenvalue weighted by atomic mass is 16.5. The molecule has 0 bridgehead atoms. The Morgan fingerprint density at radius 1 is 0.979 bits per heavy atom. The summed E-state index contributed by atoms with van der Waals surface area (Å²) in [6.07, 6.45) is 1.77. The molecule has 11 heteroatoms. The predicted molar refractivity (Wildman–Crippen MR) is 187 cm³/mol. The first-order chi connectivity index (χ1) is 23.0. The van der Waals surface area contributed by atoms with E-state index in [1.165, 1.54) is 26.2 Å². The summed E-state index contributed by atoms with van der Waals surface area (Å²) in [5, 5.41) is 10.1. The van der Waals surface area contributed by atoms with Crippen molar-refractivity contribution in [3.8, 4) is 28.4 Å². The minimum absolute atomic E-state index is 0.153. The highest BCUT2D eigenvalue weighted by Crippen LogP contribution is 2.50. The first kappa shape index (κ1) is 34.0. The van der Waals surface area contributed by atoms with E-state index in [4.69, 9.17) is 14.2 Å². The van der Waals surface area contributed by atoms with E-state index in [2.05, 4.69) is 20.9 Å². The third-order valence-electron chi connectivity index (χ3n) is 9.04. The number of hydrogen-bond donors (Lipinski definition) is 4. The molecule has 11 nitrogen and oxygen atoms in total. The predicted octanol–water partition coefficient (Wildman–Crippen LogP) is 5.48. The van der Waals surface area contributed by atoms with Gasteiger partial charge in [-0.05, 0) is 78.3 Å². The molecule has 3 atom stereocenters. The molecule has 2 amide bonds. The van der Waals surface area contributed by atoms with Gasteiger partial charge in [-0.1, -0.05) is 32.4 Å². The van der Waals surface area contributed by atoms with E-state index in [-0.39, 0.29) is 34.4 Å². The number of methoxy groups -OCH3 is 3. The molecule has 0 fully saturated rings. The van der Waals surface area contributed by atoms with Crippen LogP contribution in [0.4, 0.5) is 11.4 Å². The minimum Gasteiger partial charge on any atom is -0.493 e. The molecule has 3 aromatic carbocycles. The van der Waals surface area contributed by atoms with Crippen LogP contribution < -0.4 is 41.1 Å². The molecule has 1 aromatic heterocycles. The Morgan fingerprint density at radius 2 is 1.73 bits per heavy atom.